The zero-order valence-electron chi connectivity index (χ0n) is 12.0. The van der Waals surface area contributed by atoms with Gasteiger partial charge in [-0.25, -0.2) is 0 Å². The molecule has 0 saturated carbocycles. The van der Waals surface area contributed by atoms with E-state index in [2.05, 4.69) is 18.7 Å². The number of rotatable bonds is 5. The fourth-order valence-electron chi connectivity index (χ4n) is 3.17. The second-order valence-corrected chi connectivity index (χ2v) is 5.76. The molecule has 0 radical (unpaired) electrons. The average molecular weight is 262 g/mol. The Labute approximate surface area is 116 Å². The fourth-order valence-corrected chi connectivity index (χ4v) is 3.17. The summed E-state index contributed by atoms with van der Waals surface area (Å²) in [5.41, 5.74) is 5.86. The van der Waals surface area contributed by atoms with Crippen molar-refractivity contribution in [3.63, 3.8) is 0 Å². The van der Waals surface area contributed by atoms with E-state index in [1.165, 1.54) is 12.8 Å². The smallest absolute Gasteiger partial charge is 0.114 e. The maximum Gasteiger partial charge on any atom is 0.114 e. The maximum atomic E-state index is 10.9. The monoisotopic (exact) mass is 262 g/mol. The SMILES string of the molecule is CCC1CCC(C)N1CC(O)(CN)c1ccccc1. The average Bonchev–Trinajstić information content (AvgIpc) is 2.80. The fraction of sp³-hybridized carbons (Fsp3) is 0.625. The van der Waals surface area contributed by atoms with Crippen molar-refractivity contribution in [2.24, 2.45) is 5.73 Å². The van der Waals surface area contributed by atoms with Crippen molar-refractivity contribution in [2.45, 2.75) is 50.8 Å². The molecule has 0 bridgehead atoms. The molecule has 0 spiro atoms. The molecule has 1 aromatic carbocycles. The molecule has 0 aliphatic carbocycles. The van der Waals surface area contributed by atoms with Gasteiger partial charge in [-0.15, -0.1) is 0 Å². The van der Waals surface area contributed by atoms with Crippen LogP contribution in [-0.2, 0) is 5.60 Å². The van der Waals surface area contributed by atoms with Crippen molar-refractivity contribution in [3.8, 4) is 0 Å². The van der Waals surface area contributed by atoms with Gasteiger partial charge in [-0.2, -0.15) is 0 Å². The van der Waals surface area contributed by atoms with Crippen LogP contribution in [0.15, 0.2) is 30.3 Å². The third-order valence-corrected chi connectivity index (χ3v) is 4.52. The minimum atomic E-state index is -0.937. The largest absolute Gasteiger partial charge is 0.382 e. The van der Waals surface area contributed by atoms with Gasteiger partial charge < -0.3 is 10.8 Å². The number of aliphatic hydroxyl groups is 1. The van der Waals surface area contributed by atoms with E-state index in [9.17, 15) is 5.11 Å². The Morgan fingerprint density at radius 1 is 1.32 bits per heavy atom. The van der Waals surface area contributed by atoms with Crippen molar-refractivity contribution in [1.29, 1.82) is 0 Å². The predicted molar refractivity (Wildman–Crippen MR) is 78.9 cm³/mol. The third-order valence-electron chi connectivity index (χ3n) is 4.52. The van der Waals surface area contributed by atoms with Gasteiger partial charge in [0, 0.05) is 25.2 Å². The molecule has 1 fully saturated rings. The van der Waals surface area contributed by atoms with Crippen LogP contribution in [0.5, 0.6) is 0 Å². The molecule has 1 saturated heterocycles. The van der Waals surface area contributed by atoms with Crippen molar-refractivity contribution >= 4 is 0 Å². The van der Waals surface area contributed by atoms with E-state index in [0.717, 1.165) is 12.0 Å². The lowest BCUT2D eigenvalue weighted by Crippen LogP contribution is -2.49. The molecular weight excluding hydrogens is 236 g/mol. The minimum absolute atomic E-state index is 0.261. The lowest BCUT2D eigenvalue weighted by atomic mass is 9.92. The summed E-state index contributed by atoms with van der Waals surface area (Å²) in [5, 5.41) is 10.9. The van der Waals surface area contributed by atoms with Gasteiger partial charge in [0.05, 0.1) is 0 Å². The normalized spacial score (nSPS) is 27.4. The summed E-state index contributed by atoms with van der Waals surface area (Å²) >= 11 is 0. The molecule has 3 unspecified atom stereocenters. The molecule has 1 aliphatic heterocycles. The number of hydrogen-bond donors (Lipinski definition) is 2. The zero-order chi connectivity index (χ0) is 13.9. The van der Waals surface area contributed by atoms with Crippen LogP contribution >= 0.6 is 0 Å². The first kappa shape index (κ1) is 14.5. The van der Waals surface area contributed by atoms with E-state index in [4.69, 9.17) is 5.73 Å². The highest BCUT2D eigenvalue weighted by Crippen LogP contribution is 2.30. The number of likely N-dealkylation sites (tertiary alicyclic amines) is 1. The van der Waals surface area contributed by atoms with Gasteiger partial charge in [0.1, 0.15) is 5.60 Å². The molecule has 1 aliphatic rings. The number of benzene rings is 1. The lowest BCUT2D eigenvalue weighted by Gasteiger charge is -2.37. The molecule has 3 N–H and O–H groups in total. The van der Waals surface area contributed by atoms with Crippen LogP contribution in [-0.4, -0.2) is 35.2 Å². The van der Waals surface area contributed by atoms with Crippen LogP contribution in [0.2, 0.25) is 0 Å². The Morgan fingerprint density at radius 2 is 2.00 bits per heavy atom. The van der Waals surface area contributed by atoms with Gasteiger partial charge in [-0.3, -0.25) is 4.90 Å². The van der Waals surface area contributed by atoms with Crippen LogP contribution in [0.4, 0.5) is 0 Å². The summed E-state index contributed by atoms with van der Waals surface area (Å²) in [4.78, 5) is 2.43. The van der Waals surface area contributed by atoms with Crippen LogP contribution in [0.25, 0.3) is 0 Å². The van der Waals surface area contributed by atoms with E-state index < -0.39 is 5.60 Å². The highest BCUT2D eigenvalue weighted by atomic mass is 16.3. The molecule has 106 valence electrons. The maximum absolute atomic E-state index is 10.9. The first-order valence-electron chi connectivity index (χ1n) is 7.34. The molecular formula is C16H26N2O. The Bertz CT molecular complexity index is 395. The van der Waals surface area contributed by atoms with Gasteiger partial charge in [-0.05, 0) is 31.7 Å². The van der Waals surface area contributed by atoms with Crippen molar-refractivity contribution in [2.75, 3.05) is 13.1 Å². The summed E-state index contributed by atoms with van der Waals surface area (Å²) in [5.74, 6) is 0. The zero-order valence-corrected chi connectivity index (χ0v) is 12.0. The van der Waals surface area contributed by atoms with Gasteiger partial charge >= 0.3 is 0 Å². The third kappa shape index (κ3) is 2.99. The quantitative estimate of drug-likeness (QED) is 0.854. The molecule has 0 aromatic heterocycles. The number of β-amino-alcohol motifs (C(OH)–C–C–N with tert-alkyl or cyclic N) is 1. The molecule has 1 aromatic rings. The Hall–Kier alpha value is -0.900. The van der Waals surface area contributed by atoms with Crippen molar-refractivity contribution in [1.82, 2.24) is 4.90 Å². The second kappa shape index (κ2) is 6.04. The van der Waals surface area contributed by atoms with Crippen LogP contribution in [0, 0.1) is 0 Å². The summed E-state index contributed by atoms with van der Waals surface area (Å²) < 4.78 is 0. The summed E-state index contributed by atoms with van der Waals surface area (Å²) in [6, 6.07) is 10.9. The number of nitrogens with two attached hydrogens (primary N) is 1. The first-order chi connectivity index (χ1) is 9.10. The van der Waals surface area contributed by atoms with E-state index in [1.807, 2.05) is 30.3 Å². The lowest BCUT2D eigenvalue weighted by molar-refractivity contribution is -0.00707. The van der Waals surface area contributed by atoms with E-state index in [-0.39, 0.29) is 6.54 Å². The van der Waals surface area contributed by atoms with Crippen LogP contribution in [0.3, 0.4) is 0 Å². The molecule has 3 heteroatoms. The molecule has 3 nitrogen and oxygen atoms in total. The second-order valence-electron chi connectivity index (χ2n) is 5.76. The standard InChI is InChI=1S/C16H26N2O/c1-3-15-10-9-13(2)18(15)12-16(19,11-17)14-7-5-4-6-8-14/h4-8,13,15,19H,3,9-12,17H2,1-2H3. The van der Waals surface area contributed by atoms with Gasteiger partial charge in [0.2, 0.25) is 0 Å². The summed E-state index contributed by atoms with van der Waals surface area (Å²) in [6.45, 7) is 5.36. The van der Waals surface area contributed by atoms with Crippen LogP contribution in [0.1, 0.15) is 38.7 Å². The van der Waals surface area contributed by atoms with Gasteiger partial charge in [0.25, 0.3) is 0 Å². The molecule has 0 amide bonds. The highest BCUT2D eigenvalue weighted by molar-refractivity contribution is 5.23. The first-order valence-corrected chi connectivity index (χ1v) is 7.34. The van der Waals surface area contributed by atoms with E-state index >= 15 is 0 Å². The van der Waals surface area contributed by atoms with E-state index in [1.54, 1.807) is 0 Å². The Morgan fingerprint density at radius 3 is 2.58 bits per heavy atom. The predicted octanol–water partition coefficient (Wildman–Crippen LogP) is 2.10. The molecule has 19 heavy (non-hydrogen) atoms. The summed E-state index contributed by atoms with van der Waals surface area (Å²) in [7, 11) is 0. The topological polar surface area (TPSA) is 49.5 Å². The van der Waals surface area contributed by atoms with E-state index in [0.29, 0.717) is 18.6 Å². The van der Waals surface area contributed by atoms with Gasteiger partial charge in [-0.1, -0.05) is 37.3 Å². The number of hydrogen-bond acceptors (Lipinski definition) is 3. The van der Waals surface area contributed by atoms with Crippen molar-refractivity contribution in [3.05, 3.63) is 35.9 Å². The number of nitrogens with zero attached hydrogens (tertiary/aromatic N) is 1. The van der Waals surface area contributed by atoms with Gasteiger partial charge in [0.15, 0.2) is 0 Å². The summed E-state index contributed by atoms with van der Waals surface area (Å²) in [6.07, 6.45) is 3.58. The highest BCUT2D eigenvalue weighted by Gasteiger charge is 2.37. The van der Waals surface area contributed by atoms with Crippen molar-refractivity contribution < 1.29 is 5.11 Å². The Kier molecular flexibility index (Phi) is 4.61. The molecule has 2 rings (SSSR count). The van der Waals surface area contributed by atoms with Crippen LogP contribution < -0.4 is 5.73 Å². The minimum Gasteiger partial charge on any atom is -0.382 e. The Balaban J connectivity index is 2.18. The molecule has 3 atom stereocenters. The molecule has 1 heterocycles.